The number of benzene rings is 2. The maximum Gasteiger partial charge on any atom is 0.283 e. The summed E-state index contributed by atoms with van der Waals surface area (Å²) in [6, 6.07) is 8.92. The minimum absolute atomic E-state index is 0.276. The van der Waals surface area contributed by atoms with Gasteiger partial charge in [0.1, 0.15) is 0 Å². The van der Waals surface area contributed by atoms with Crippen LogP contribution in [-0.2, 0) is 0 Å². The third kappa shape index (κ3) is 3.07. The second-order valence-corrected chi connectivity index (χ2v) is 7.20. The van der Waals surface area contributed by atoms with E-state index in [9.17, 15) is 4.79 Å². The quantitative estimate of drug-likeness (QED) is 0.555. The Morgan fingerprint density at radius 3 is 2.59 bits per heavy atom. The molecule has 9 heteroatoms. The average Bonchev–Trinajstić information content (AvgIpc) is 3.06. The number of ether oxygens (including phenoxy) is 2. The van der Waals surface area contributed by atoms with Gasteiger partial charge in [0.25, 0.3) is 5.56 Å². The molecule has 1 N–H and O–H groups in total. The Hall–Kier alpha value is -2.84. The molecule has 0 saturated heterocycles. The lowest BCUT2D eigenvalue weighted by molar-refractivity contribution is 0.355. The summed E-state index contributed by atoms with van der Waals surface area (Å²) in [6.07, 6.45) is 0. The monoisotopic (exact) mass is 402 g/mol. The maximum atomic E-state index is 12.8. The lowest BCUT2D eigenvalue weighted by Crippen LogP contribution is -2.15. The highest BCUT2D eigenvalue weighted by atomic mass is 35.5. The number of nitrogens with one attached hydrogen (secondary N) is 1. The molecule has 4 rings (SSSR count). The smallest absolute Gasteiger partial charge is 0.283 e. The van der Waals surface area contributed by atoms with Crippen LogP contribution < -0.4 is 20.3 Å². The van der Waals surface area contributed by atoms with Crippen molar-refractivity contribution in [2.75, 3.05) is 19.5 Å². The second-order valence-electron chi connectivity index (χ2n) is 5.83. The van der Waals surface area contributed by atoms with Crippen molar-refractivity contribution in [3.05, 3.63) is 51.3 Å². The SMILES string of the molecule is COc1cc2nc3sc(Nc4ccc(C)c(Cl)c4)nn3c(=O)c2cc1OC. The van der Waals surface area contributed by atoms with E-state index in [-0.39, 0.29) is 5.56 Å². The van der Waals surface area contributed by atoms with Crippen LogP contribution in [0.25, 0.3) is 15.9 Å². The number of aromatic nitrogens is 3. The number of nitrogens with zero attached hydrogens (tertiary/aromatic N) is 3. The molecule has 0 bridgehead atoms. The van der Waals surface area contributed by atoms with Crippen LogP contribution in [-0.4, -0.2) is 28.8 Å². The van der Waals surface area contributed by atoms with Gasteiger partial charge in [-0.2, -0.15) is 4.52 Å². The van der Waals surface area contributed by atoms with E-state index in [2.05, 4.69) is 15.4 Å². The van der Waals surface area contributed by atoms with Crippen molar-refractivity contribution in [1.29, 1.82) is 0 Å². The van der Waals surface area contributed by atoms with Crippen LogP contribution >= 0.6 is 22.9 Å². The molecule has 0 saturated carbocycles. The Kier molecular flexibility index (Phi) is 4.37. The molecule has 27 heavy (non-hydrogen) atoms. The van der Waals surface area contributed by atoms with Crippen LogP contribution in [0, 0.1) is 6.92 Å². The van der Waals surface area contributed by atoms with Gasteiger partial charge >= 0.3 is 0 Å². The van der Waals surface area contributed by atoms with Crippen molar-refractivity contribution in [1.82, 2.24) is 14.6 Å². The van der Waals surface area contributed by atoms with E-state index >= 15 is 0 Å². The molecular weight excluding hydrogens is 388 g/mol. The van der Waals surface area contributed by atoms with Gasteiger partial charge in [0.15, 0.2) is 11.5 Å². The predicted molar refractivity (Wildman–Crippen MR) is 107 cm³/mol. The summed E-state index contributed by atoms with van der Waals surface area (Å²) in [5.41, 5.74) is 2.01. The molecule has 7 nitrogen and oxygen atoms in total. The number of hydrogen-bond acceptors (Lipinski definition) is 7. The fourth-order valence-corrected chi connectivity index (χ4v) is 3.68. The van der Waals surface area contributed by atoms with E-state index in [1.807, 2.05) is 25.1 Å². The summed E-state index contributed by atoms with van der Waals surface area (Å²) in [4.78, 5) is 17.8. The Morgan fingerprint density at radius 1 is 1.15 bits per heavy atom. The van der Waals surface area contributed by atoms with Gasteiger partial charge < -0.3 is 14.8 Å². The highest BCUT2D eigenvalue weighted by Gasteiger charge is 2.15. The minimum Gasteiger partial charge on any atom is -0.493 e. The molecule has 0 unspecified atom stereocenters. The van der Waals surface area contributed by atoms with E-state index in [4.69, 9.17) is 21.1 Å². The Bertz CT molecular complexity index is 1230. The van der Waals surface area contributed by atoms with Gasteiger partial charge in [-0.05, 0) is 30.7 Å². The number of aryl methyl sites for hydroxylation is 1. The van der Waals surface area contributed by atoms with E-state index in [1.165, 1.54) is 30.1 Å². The fraction of sp³-hybridized carbons (Fsp3) is 0.167. The molecule has 2 aromatic heterocycles. The number of methoxy groups -OCH3 is 2. The molecule has 0 aliphatic carbocycles. The zero-order chi connectivity index (χ0) is 19.1. The summed E-state index contributed by atoms with van der Waals surface area (Å²) in [5, 5.41) is 9.10. The molecule has 0 atom stereocenters. The zero-order valence-electron chi connectivity index (χ0n) is 14.7. The van der Waals surface area contributed by atoms with Gasteiger partial charge in [-0.25, -0.2) is 4.98 Å². The molecule has 4 aromatic rings. The van der Waals surface area contributed by atoms with E-state index in [0.29, 0.717) is 37.5 Å². The lowest BCUT2D eigenvalue weighted by Gasteiger charge is -2.08. The van der Waals surface area contributed by atoms with Crippen LogP contribution in [0.5, 0.6) is 11.5 Å². The normalized spacial score (nSPS) is 11.1. The topological polar surface area (TPSA) is 77.8 Å². The van der Waals surface area contributed by atoms with Crippen molar-refractivity contribution < 1.29 is 9.47 Å². The largest absolute Gasteiger partial charge is 0.493 e. The average molecular weight is 403 g/mol. The first-order valence-corrected chi connectivity index (χ1v) is 9.18. The molecule has 2 heterocycles. The van der Waals surface area contributed by atoms with Gasteiger partial charge in [0, 0.05) is 16.8 Å². The fourth-order valence-electron chi connectivity index (χ4n) is 2.68. The van der Waals surface area contributed by atoms with Gasteiger partial charge in [0.05, 0.1) is 25.1 Å². The highest BCUT2D eigenvalue weighted by Crippen LogP contribution is 2.31. The summed E-state index contributed by atoms with van der Waals surface area (Å²) in [5.74, 6) is 0.977. The third-order valence-electron chi connectivity index (χ3n) is 4.12. The molecule has 0 amide bonds. The molecule has 0 aliphatic rings. The van der Waals surface area contributed by atoms with Crippen molar-refractivity contribution in [2.45, 2.75) is 6.92 Å². The first-order valence-electron chi connectivity index (χ1n) is 7.99. The van der Waals surface area contributed by atoms with Crippen molar-refractivity contribution in [3.8, 4) is 11.5 Å². The summed E-state index contributed by atoms with van der Waals surface area (Å²) in [7, 11) is 3.06. The Balaban J connectivity index is 1.83. The molecular formula is C18H15ClN4O3S. The lowest BCUT2D eigenvalue weighted by atomic mass is 10.2. The van der Waals surface area contributed by atoms with Gasteiger partial charge in [-0.15, -0.1) is 5.10 Å². The van der Waals surface area contributed by atoms with Crippen LogP contribution in [0.4, 0.5) is 10.8 Å². The van der Waals surface area contributed by atoms with Crippen LogP contribution in [0.3, 0.4) is 0 Å². The first-order chi connectivity index (χ1) is 13.0. The minimum atomic E-state index is -0.276. The van der Waals surface area contributed by atoms with Crippen LogP contribution in [0.2, 0.25) is 5.02 Å². The van der Waals surface area contributed by atoms with Crippen molar-refractivity contribution in [2.24, 2.45) is 0 Å². The van der Waals surface area contributed by atoms with Gasteiger partial charge in [-0.1, -0.05) is 29.0 Å². The Morgan fingerprint density at radius 2 is 1.89 bits per heavy atom. The van der Waals surface area contributed by atoms with Crippen molar-refractivity contribution >= 4 is 49.6 Å². The summed E-state index contributed by atoms with van der Waals surface area (Å²) >= 11 is 7.43. The van der Waals surface area contributed by atoms with E-state index in [1.54, 1.807) is 12.1 Å². The number of hydrogen-bond donors (Lipinski definition) is 1. The van der Waals surface area contributed by atoms with E-state index in [0.717, 1.165) is 11.3 Å². The molecule has 0 aliphatic heterocycles. The standard InChI is InChI=1S/C18H15ClN4O3S/c1-9-4-5-10(6-12(9)19)20-17-22-23-16(24)11-7-14(25-2)15(26-3)8-13(11)21-18(23)27-17/h4-8H,1-3H3,(H,20,22). The van der Waals surface area contributed by atoms with Gasteiger partial charge in [0.2, 0.25) is 10.1 Å². The summed E-state index contributed by atoms with van der Waals surface area (Å²) in [6.45, 7) is 1.93. The van der Waals surface area contributed by atoms with Crippen LogP contribution in [0.15, 0.2) is 35.1 Å². The summed E-state index contributed by atoms with van der Waals surface area (Å²) < 4.78 is 11.8. The molecule has 0 spiro atoms. The molecule has 0 radical (unpaired) electrons. The highest BCUT2D eigenvalue weighted by molar-refractivity contribution is 7.20. The number of anilines is 2. The molecule has 138 valence electrons. The van der Waals surface area contributed by atoms with Gasteiger partial charge in [-0.3, -0.25) is 4.79 Å². The number of rotatable bonds is 4. The Labute approximate surface area is 163 Å². The maximum absolute atomic E-state index is 12.8. The van der Waals surface area contributed by atoms with E-state index < -0.39 is 0 Å². The number of fused-ring (bicyclic) bond motifs is 2. The molecule has 0 fully saturated rings. The third-order valence-corrected chi connectivity index (χ3v) is 5.35. The second kappa shape index (κ2) is 6.71. The first kappa shape index (κ1) is 17.6. The molecule has 2 aromatic carbocycles. The number of halogens is 1. The van der Waals surface area contributed by atoms with Crippen LogP contribution in [0.1, 0.15) is 5.56 Å². The predicted octanol–water partition coefficient (Wildman–Crippen LogP) is 4.03. The zero-order valence-corrected chi connectivity index (χ0v) is 16.3. The van der Waals surface area contributed by atoms with Crippen molar-refractivity contribution in [3.63, 3.8) is 0 Å².